The highest BCUT2D eigenvalue weighted by Crippen LogP contribution is 2.25. The van der Waals surface area contributed by atoms with Gasteiger partial charge >= 0.3 is 0 Å². The predicted octanol–water partition coefficient (Wildman–Crippen LogP) is 5.08. The Morgan fingerprint density at radius 1 is 0.889 bits per heavy atom. The molecule has 2 heterocycles. The van der Waals surface area contributed by atoms with Gasteiger partial charge in [-0.25, -0.2) is 0 Å². The quantitative estimate of drug-likeness (QED) is 0.585. The average molecular weight is 242 g/mol. The fourth-order valence-corrected chi connectivity index (χ4v) is 1.91. The molecule has 1 aromatic carbocycles. The lowest BCUT2D eigenvalue weighted by atomic mass is 10.2. The van der Waals surface area contributed by atoms with E-state index < -0.39 is 0 Å². The van der Waals surface area contributed by atoms with Gasteiger partial charge in [-0.1, -0.05) is 45.9 Å². The molecule has 0 aliphatic heterocycles. The first-order chi connectivity index (χ1) is 8.86. The van der Waals surface area contributed by atoms with Crippen molar-refractivity contribution in [1.29, 1.82) is 0 Å². The van der Waals surface area contributed by atoms with Crippen molar-refractivity contribution in [1.82, 2.24) is 9.97 Å². The molecule has 18 heavy (non-hydrogen) atoms. The minimum Gasteiger partial charge on any atom is -0.353 e. The van der Waals surface area contributed by atoms with Crippen LogP contribution in [0.15, 0.2) is 36.5 Å². The van der Waals surface area contributed by atoms with Crippen LogP contribution in [0.25, 0.3) is 21.8 Å². The molecular weight excluding hydrogens is 220 g/mol. The van der Waals surface area contributed by atoms with Gasteiger partial charge in [0.2, 0.25) is 0 Å². The largest absolute Gasteiger partial charge is 0.353 e. The number of aromatic nitrogens is 2. The number of rotatable bonds is 0. The zero-order valence-electron chi connectivity index (χ0n) is 11.9. The van der Waals surface area contributed by atoms with Gasteiger partial charge in [-0.3, -0.25) is 4.98 Å². The van der Waals surface area contributed by atoms with Crippen molar-refractivity contribution in [3.63, 3.8) is 0 Å². The summed E-state index contributed by atoms with van der Waals surface area (Å²) in [5.41, 5.74) is 3.38. The number of benzene rings is 1. The van der Waals surface area contributed by atoms with Crippen LogP contribution in [0, 0.1) is 6.92 Å². The van der Waals surface area contributed by atoms with Crippen molar-refractivity contribution >= 4 is 21.8 Å². The zero-order valence-corrected chi connectivity index (χ0v) is 11.9. The predicted molar refractivity (Wildman–Crippen MR) is 81.0 cm³/mol. The molecule has 2 aromatic heterocycles. The molecule has 0 fully saturated rings. The van der Waals surface area contributed by atoms with E-state index in [1.165, 1.54) is 16.3 Å². The highest BCUT2D eigenvalue weighted by atomic mass is 14.8. The summed E-state index contributed by atoms with van der Waals surface area (Å²) in [6.07, 6.45) is 1.86. The van der Waals surface area contributed by atoms with E-state index in [0.717, 1.165) is 11.2 Å². The molecule has 0 radical (unpaired) electrons. The van der Waals surface area contributed by atoms with E-state index in [2.05, 4.69) is 34.2 Å². The molecule has 3 rings (SSSR count). The third kappa shape index (κ3) is 2.53. The molecule has 0 amide bonds. The minimum atomic E-state index is 1.05. The molecule has 0 unspecified atom stereocenters. The topological polar surface area (TPSA) is 28.7 Å². The third-order valence-corrected chi connectivity index (χ3v) is 2.62. The van der Waals surface area contributed by atoms with E-state index in [9.17, 15) is 0 Å². The number of nitrogens with one attached hydrogen (secondary N) is 1. The summed E-state index contributed by atoms with van der Waals surface area (Å²) in [7, 11) is 0. The SMILES string of the molecule is CC.CC.Cc1nccc2c1[nH]c1ccccc12. The highest BCUT2D eigenvalue weighted by molar-refractivity contribution is 6.07. The van der Waals surface area contributed by atoms with Gasteiger partial charge in [0, 0.05) is 22.5 Å². The van der Waals surface area contributed by atoms with Crippen LogP contribution >= 0.6 is 0 Å². The maximum Gasteiger partial charge on any atom is 0.0681 e. The number of hydrogen-bond donors (Lipinski definition) is 1. The molecular formula is C16H22N2. The second-order valence-corrected chi connectivity index (χ2v) is 3.49. The highest BCUT2D eigenvalue weighted by Gasteiger charge is 2.04. The Kier molecular flexibility index (Phi) is 5.37. The summed E-state index contributed by atoms with van der Waals surface area (Å²) in [6.45, 7) is 10.0. The smallest absolute Gasteiger partial charge is 0.0681 e. The molecule has 0 aliphatic rings. The van der Waals surface area contributed by atoms with Crippen LogP contribution in [0.1, 0.15) is 33.4 Å². The Morgan fingerprint density at radius 2 is 1.56 bits per heavy atom. The fraction of sp³-hybridized carbons (Fsp3) is 0.312. The molecule has 0 saturated heterocycles. The van der Waals surface area contributed by atoms with Crippen molar-refractivity contribution in [2.75, 3.05) is 0 Å². The van der Waals surface area contributed by atoms with Gasteiger partial charge in [0.1, 0.15) is 0 Å². The van der Waals surface area contributed by atoms with E-state index in [-0.39, 0.29) is 0 Å². The maximum atomic E-state index is 4.27. The first kappa shape index (κ1) is 14.2. The first-order valence-corrected chi connectivity index (χ1v) is 6.68. The first-order valence-electron chi connectivity index (χ1n) is 6.68. The monoisotopic (exact) mass is 242 g/mol. The fourth-order valence-electron chi connectivity index (χ4n) is 1.91. The van der Waals surface area contributed by atoms with Crippen molar-refractivity contribution in [2.24, 2.45) is 0 Å². The minimum absolute atomic E-state index is 1.05. The van der Waals surface area contributed by atoms with Crippen LogP contribution in [0.4, 0.5) is 0 Å². The number of aromatic amines is 1. The van der Waals surface area contributed by atoms with E-state index in [0.29, 0.717) is 0 Å². The summed E-state index contributed by atoms with van der Waals surface area (Å²) in [4.78, 5) is 7.66. The molecule has 0 bridgehead atoms. The second kappa shape index (κ2) is 6.80. The van der Waals surface area contributed by atoms with Crippen LogP contribution in [0.3, 0.4) is 0 Å². The molecule has 0 atom stereocenters. The summed E-state index contributed by atoms with van der Waals surface area (Å²) in [5, 5.41) is 2.53. The zero-order chi connectivity index (χ0) is 13.5. The van der Waals surface area contributed by atoms with Crippen molar-refractivity contribution < 1.29 is 0 Å². The van der Waals surface area contributed by atoms with Crippen LogP contribution in [0.5, 0.6) is 0 Å². The summed E-state index contributed by atoms with van der Waals surface area (Å²) < 4.78 is 0. The van der Waals surface area contributed by atoms with Crippen LogP contribution in [-0.4, -0.2) is 9.97 Å². The molecule has 96 valence electrons. The van der Waals surface area contributed by atoms with Gasteiger partial charge in [-0.15, -0.1) is 0 Å². The molecule has 1 N–H and O–H groups in total. The third-order valence-electron chi connectivity index (χ3n) is 2.62. The van der Waals surface area contributed by atoms with Gasteiger partial charge in [0.25, 0.3) is 0 Å². The van der Waals surface area contributed by atoms with Crippen LogP contribution < -0.4 is 0 Å². The Hall–Kier alpha value is -1.83. The normalized spacial score (nSPS) is 9.39. The van der Waals surface area contributed by atoms with Gasteiger partial charge in [-0.2, -0.15) is 0 Å². The summed E-state index contributed by atoms with van der Waals surface area (Å²) in [5.74, 6) is 0. The Morgan fingerprint density at radius 3 is 2.28 bits per heavy atom. The van der Waals surface area contributed by atoms with Crippen molar-refractivity contribution in [3.8, 4) is 0 Å². The number of H-pyrrole nitrogens is 1. The lowest BCUT2D eigenvalue weighted by Gasteiger charge is -1.92. The van der Waals surface area contributed by atoms with Gasteiger partial charge < -0.3 is 4.98 Å². The standard InChI is InChI=1S/C12H10N2.2C2H6/c1-8-12-10(6-7-13-8)9-4-2-3-5-11(9)14-12;2*1-2/h2-7,14H,1H3;2*1-2H3. The molecule has 0 saturated carbocycles. The Balaban J connectivity index is 0.000000371. The number of fused-ring (bicyclic) bond motifs is 3. The molecule has 2 heteroatoms. The van der Waals surface area contributed by atoms with Crippen molar-refractivity contribution in [3.05, 3.63) is 42.2 Å². The van der Waals surface area contributed by atoms with E-state index in [1.807, 2.05) is 46.9 Å². The number of pyridine rings is 1. The maximum absolute atomic E-state index is 4.27. The van der Waals surface area contributed by atoms with E-state index in [1.54, 1.807) is 0 Å². The van der Waals surface area contributed by atoms with Crippen LogP contribution in [0.2, 0.25) is 0 Å². The van der Waals surface area contributed by atoms with Crippen LogP contribution in [-0.2, 0) is 0 Å². The van der Waals surface area contributed by atoms with Gasteiger partial charge in [0.05, 0.1) is 11.2 Å². The summed E-state index contributed by atoms with van der Waals surface area (Å²) >= 11 is 0. The molecule has 0 aliphatic carbocycles. The second-order valence-electron chi connectivity index (χ2n) is 3.49. The molecule has 0 spiro atoms. The van der Waals surface area contributed by atoms with E-state index >= 15 is 0 Å². The molecule has 3 aromatic rings. The lowest BCUT2D eigenvalue weighted by molar-refractivity contribution is 1.22. The Labute approximate surface area is 109 Å². The van der Waals surface area contributed by atoms with E-state index in [4.69, 9.17) is 0 Å². The summed E-state index contributed by atoms with van der Waals surface area (Å²) in [6, 6.07) is 10.4. The van der Waals surface area contributed by atoms with Crippen molar-refractivity contribution in [2.45, 2.75) is 34.6 Å². The van der Waals surface area contributed by atoms with Gasteiger partial charge in [-0.05, 0) is 19.1 Å². The number of nitrogens with zero attached hydrogens (tertiary/aromatic N) is 1. The molecule has 2 nitrogen and oxygen atoms in total. The average Bonchev–Trinajstić information content (AvgIpc) is 2.84. The number of aryl methyl sites for hydroxylation is 1. The van der Waals surface area contributed by atoms with Gasteiger partial charge in [0.15, 0.2) is 0 Å². The number of hydrogen-bond acceptors (Lipinski definition) is 1. The number of para-hydroxylation sites is 1. The lowest BCUT2D eigenvalue weighted by Crippen LogP contribution is -1.79. The Bertz CT molecular complexity index is 609.